The number of hydrogen-bond donors (Lipinski definition) is 2. The predicted octanol–water partition coefficient (Wildman–Crippen LogP) is 2.38. The summed E-state index contributed by atoms with van der Waals surface area (Å²) in [7, 11) is 2.23. The van der Waals surface area contributed by atoms with Crippen molar-refractivity contribution in [1.82, 2.24) is 20.4 Å². The molecule has 2 heterocycles. The highest BCUT2D eigenvalue weighted by Gasteiger charge is 2.20. The average Bonchev–Trinajstić information content (AvgIpc) is 2.55. The lowest BCUT2D eigenvalue weighted by Crippen LogP contribution is -2.49. The van der Waals surface area contributed by atoms with Crippen molar-refractivity contribution in [2.75, 3.05) is 52.9 Å². The van der Waals surface area contributed by atoms with Crippen LogP contribution < -0.4 is 10.6 Å². The molecule has 0 aromatic rings. The van der Waals surface area contributed by atoms with E-state index in [9.17, 15) is 0 Å². The zero-order valence-corrected chi connectivity index (χ0v) is 18.2. The first-order valence-electron chi connectivity index (χ1n) is 9.67. The van der Waals surface area contributed by atoms with Gasteiger partial charge in [0.05, 0.1) is 0 Å². The van der Waals surface area contributed by atoms with Crippen LogP contribution in [0.3, 0.4) is 0 Å². The fraction of sp³-hybridized carbons (Fsp3) is 0.944. The molecule has 1 unspecified atom stereocenters. The third-order valence-corrected chi connectivity index (χ3v) is 5.04. The van der Waals surface area contributed by atoms with Gasteiger partial charge in [-0.05, 0) is 65.1 Å². The zero-order valence-electron chi connectivity index (χ0n) is 15.9. The first-order chi connectivity index (χ1) is 11.2. The molecule has 2 aliphatic rings. The Morgan fingerprint density at radius 3 is 2.50 bits per heavy atom. The first-order valence-corrected chi connectivity index (χ1v) is 9.67. The minimum Gasteiger partial charge on any atom is -0.357 e. The maximum absolute atomic E-state index is 4.88. The van der Waals surface area contributed by atoms with Gasteiger partial charge in [-0.25, -0.2) is 0 Å². The fourth-order valence-corrected chi connectivity index (χ4v) is 3.77. The minimum atomic E-state index is 0. The second-order valence-electron chi connectivity index (χ2n) is 7.25. The van der Waals surface area contributed by atoms with Gasteiger partial charge in [0.1, 0.15) is 0 Å². The van der Waals surface area contributed by atoms with Crippen molar-refractivity contribution in [1.29, 1.82) is 0 Å². The van der Waals surface area contributed by atoms with E-state index in [2.05, 4.69) is 41.3 Å². The highest BCUT2D eigenvalue weighted by atomic mass is 127. The molecule has 1 atom stereocenters. The van der Waals surface area contributed by atoms with Crippen molar-refractivity contribution >= 4 is 29.9 Å². The molecule has 2 aliphatic heterocycles. The number of hydrogen-bond acceptors (Lipinski definition) is 3. The molecule has 0 aromatic heterocycles. The summed E-state index contributed by atoms with van der Waals surface area (Å²) in [6.07, 6.45) is 6.37. The van der Waals surface area contributed by atoms with Crippen molar-refractivity contribution in [2.45, 2.75) is 52.0 Å². The third-order valence-electron chi connectivity index (χ3n) is 5.04. The lowest BCUT2D eigenvalue weighted by atomic mass is 9.99. The van der Waals surface area contributed by atoms with E-state index in [4.69, 9.17) is 4.99 Å². The van der Waals surface area contributed by atoms with Crippen LogP contribution in [0.25, 0.3) is 0 Å². The van der Waals surface area contributed by atoms with E-state index in [0.29, 0.717) is 6.04 Å². The van der Waals surface area contributed by atoms with Crippen molar-refractivity contribution in [3.05, 3.63) is 0 Å². The summed E-state index contributed by atoms with van der Waals surface area (Å²) in [6, 6.07) is 0.579. The highest BCUT2D eigenvalue weighted by molar-refractivity contribution is 14.0. The van der Waals surface area contributed by atoms with Crippen LogP contribution in [-0.4, -0.2) is 74.7 Å². The Morgan fingerprint density at radius 1 is 1.12 bits per heavy atom. The maximum atomic E-state index is 4.88. The summed E-state index contributed by atoms with van der Waals surface area (Å²) in [6.45, 7) is 12.4. The molecule has 0 radical (unpaired) electrons. The first kappa shape index (κ1) is 22.0. The second kappa shape index (κ2) is 12.3. The normalized spacial score (nSPS) is 24.5. The molecular formula is C18H38IN5. The number of nitrogens with zero attached hydrogens (tertiary/aromatic N) is 3. The van der Waals surface area contributed by atoms with E-state index in [1.54, 1.807) is 0 Å². The van der Waals surface area contributed by atoms with E-state index in [0.717, 1.165) is 25.0 Å². The van der Waals surface area contributed by atoms with Gasteiger partial charge in [-0.15, -0.1) is 24.0 Å². The molecule has 2 N–H and O–H groups in total. The Morgan fingerprint density at radius 2 is 1.88 bits per heavy atom. The number of rotatable bonds is 6. The van der Waals surface area contributed by atoms with Crippen molar-refractivity contribution < 1.29 is 0 Å². The van der Waals surface area contributed by atoms with Gasteiger partial charge in [-0.3, -0.25) is 4.99 Å². The SMILES string of the molecule is CCCN1CCC(NC(=NCC2CCCN(C)C2)NCC)CC1.I. The molecule has 0 bridgehead atoms. The van der Waals surface area contributed by atoms with Crippen LogP contribution in [0.15, 0.2) is 4.99 Å². The maximum Gasteiger partial charge on any atom is 0.191 e. The van der Waals surface area contributed by atoms with Crippen LogP contribution in [0.4, 0.5) is 0 Å². The summed E-state index contributed by atoms with van der Waals surface area (Å²) >= 11 is 0. The molecule has 0 spiro atoms. The fourth-order valence-electron chi connectivity index (χ4n) is 3.77. The largest absolute Gasteiger partial charge is 0.357 e. The van der Waals surface area contributed by atoms with Gasteiger partial charge in [-0.2, -0.15) is 0 Å². The Bertz CT molecular complexity index is 355. The van der Waals surface area contributed by atoms with Crippen LogP contribution >= 0.6 is 24.0 Å². The van der Waals surface area contributed by atoms with Crippen LogP contribution in [0, 0.1) is 5.92 Å². The summed E-state index contributed by atoms with van der Waals surface area (Å²) in [5.41, 5.74) is 0. The molecule has 5 nitrogen and oxygen atoms in total. The predicted molar refractivity (Wildman–Crippen MR) is 115 cm³/mol. The molecule has 0 aromatic carbocycles. The molecule has 0 amide bonds. The van der Waals surface area contributed by atoms with E-state index in [-0.39, 0.29) is 24.0 Å². The van der Waals surface area contributed by atoms with Gasteiger partial charge in [-0.1, -0.05) is 6.92 Å². The van der Waals surface area contributed by atoms with Gasteiger partial charge < -0.3 is 20.4 Å². The smallest absolute Gasteiger partial charge is 0.191 e. The molecule has 6 heteroatoms. The molecule has 0 saturated carbocycles. The molecule has 142 valence electrons. The Kier molecular flexibility index (Phi) is 11.3. The van der Waals surface area contributed by atoms with E-state index >= 15 is 0 Å². The summed E-state index contributed by atoms with van der Waals surface area (Å²) in [4.78, 5) is 9.90. The number of aliphatic imine (C=N–C) groups is 1. The number of nitrogens with one attached hydrogen (secondary N) is 2. The van der Waals surface area contributed by atoms with E-state index in [1.807, 2.05) is 0 Å². The van der Waals surface area contributed by atoms with Crippen molar-refractivity contribution in [3.8, 4) is 0 Å². The molecule has 2 rings (SSSR count). The summed E-state index contributed by atoms with van der Waals surface area (Å²) in [5.74, 6) is 1.74. The molecule has 2 saturated heterocycles. The summed E-state index contributed by atoms with van der Waals surface area (Å²) < 4.78 is 0. The Labute approximate surface area is 166 Å². The Balaban J connectivity index is 0.00000288. The lowest BCUT2D eigenvalue weighted by molar-refractivity contribution is 0.205. The van der Waals surface area contributed by atoms with Gasteiger partial charge in [0.2, 0.25) is 0 Å². The van der Waals surface area contributed by atoms with Gasteiger partial charge in [0, 0.05) is 38.8 Å². The lowest BCUT2D eigenvalue weighted by Gasteiger charge is -2.33. The molecule has 2 fully saturated rings. The van der Waals surface area contributed by atoms with E-state index in [1.165, 1.54) is 64.8 Å². The zero-order chi connectivity index (χ0) is 16.5. The minimum absolute atomic E-state index is 0. The van der Waals surface area contributed by atoms with E-state index < -0.39 is 0 Å². The number of guanidine groups is 1. The molecule has 0 aliphatic carbocycles. The van der Waals surface area contributed by atoms with Crippen molar-refractivity contribution in [3.63, 3.8) is 0 Å². The van der Waals surface area contributed by atoms with Crippen LogP contribution in [0.1, 0.15) is 46.0 Å². The monoisotopic (exact) mass is 451 g/mol. The Hall–Kier alpha value is -0.0800. The van der Waals surface area contributed by atoms with Crippen molar-refractivity contribution in [2.24, 2.45) is 10.9 Å². The quantitative estimate of drug-likeness (QED) is 0.370. The number of piperidine rings is 2. The number of likely N-dealkylation sites (tertiary alicyclic amines) is 2. The van der Waals surface area contributed by atoms with Gasteiger partial charge in [0.25, 0.3) is 0 Å². The standard InChI is InChI=1S/C18H37N5.HI/c1-4-10-23-12-8-17(9-13-23)21-18(19-5-2)20-14-16-7-6-11-22(3)15-16;/h16-17H,4-15H2,1-3H3,(H2,19,20,21);1H. The van der Waals surface area contributed by atoms with Gasteiger partial charge in [0.15, 0.2) is 5.96 Å². The van der Waals surface area contributed by atoms with Crippen LogP contribution in [-0.2, 0) is 0 Å². The molecular weight excluding hydrogens is 413 g/mol. The second-order valence-corrected chi connectivity index (χ2v) is 7.25. The highest BCUT2D eigenvalue weighted by Crippen LogP contribution is 2.15. The third kappa shape index (κ3) is 7.87. The van der Waals surface area contributed by atoms with Gasteiger partial charge >= 0.3 is 0 Å². The molecule has 24 heavy (non-hydrogen) atoms. The topological polar surface area (TPSA) is 42.9 Å². The average molecular weight is 451 g/mol. The van der Waals surface area contributed by atoms with Crippen LogP contribution in [0.2, 0.25) is 0 Å². The van der Waals surface area contributed by atoms with Crippen LogP contribution in [0.5, 0.6) is 0 Å². The summed E-state index contributed by atoms with van der Waals surface area (Å²) in [5, 5.41) is 7.10. The number of halogens is 1.